The van der Waals surface area contributed by atoms with Crippen molar-refractivity contribution in [2.24, 2.45) is 5.73 Å². The second-order valence-electron chi connectivity index (χ2n) is 8.00. The van der Waals surface area contributed by atoms with Crippen LogP contribution < -0.4 is 10.6 Å². The molecule has 1 aromatic carbocycles. The lowest BCUT2D eigenvalue weighted by Gasteiger charge is -2.28. The molecule has 3 aromatic heterocycles. The maximum Gasteiger partial charge on any atom is 0.156 e. The summed E-state index contributed by atoms with van der Waals surface area (Å²) in [6.07, 6.45) is 9.93. The summed E-state index contributed by atoms with van der Waals surface area (Å²) in [6.45, 7) is 3.38. The van der Waals surface area contributed by atoms with Crippen LogP contribution in [-0.2, 0) is 5.54 Å². The molecule has 0 amide bonds. The molecule has 5 rings (SSSR count). The normalized spacial score (nSPS) is 15.6. The van der Waals surface area contributed by atoms with Crippen LogP contribution in [0, 0.1) is 5.82 Å². The van der Waals surface area contributed by atoms with Crippen LogP contribution in [0.1, 0.15) is 30.3 Å². The lowest BCUT2D eigenvalue weighted by molar-refractivity contribution is 0.588. The van der Waals surface area contributed by atoms with Crippen LogP contribution in [0.15, 0.2) is 65.8 Å². The zero-order valence-corrected chi connectivity index (χ0v) is 20.2. The Balaban J connectivity index is 0.00000259. The van der Waals surface area contributed by atoms with E-state index in [0.29, 0.717) is 12.4 Å². The largest absolute Gasteiger partial charge is 0.351 e. The second-order valence-corrected chi connectivity index (χ2v) is 8.92. The van der Waals surface area contributed by atoms with Crippen LogP contribution in [0.5, 0.6) is 0 Å². The van der Waals surface area contributed by atoms with Gasteiger partial charge < -0.3 is 10.6 Å². The topological polar surface area (TPSA) is 85.2 Å². The molecular weight excluding hydrogens is 509 g/mol. The highest BCUT2D eigenvalue weighted by molar-refractivity contribution is 9.10. The van der Waals surface area contributed by atoms with Crippen molar-refractivity contribution >= 4 is 45.2 Å². The Morgan fingerprint density at radius 2 is 1.82 bits per heavy atom. The summed E-state index contributed by atoms with van der Waals surface area (Å²) in [5, 5.41) is 4.26. The molecule has 1 atom stereocenters. The van der Waals surface area contributed by atoms with E-state index in [2.05, 4.69) is 47.0 Å². The molecule has 0 aliphatic carbocycles. The summed E-state index contributed by atoms with van der Waals surface area (Å²) in [5.41, 5.74) is 9.34. The third-order valence-corrected chi connectivity index (χ3v) is 6.28. The van der Waals surface area contributed by atoms with E-state index in [-0.39, 0.29) is 18.2 Å². The minimum atomic E-state index is -0.812. The molecular formula is C23H22BrClFN7. The zero-order chi connectivity index (χ0) is 22.3. The van der Waals surface area contributed by atoms with Crippen molar-refractivity contribution in [3.63, 3.8) is 0 Å². The Kier molecular flexibility index (Phi) is 6.47. The van der Waals surface area contributed by atoms with Gasteiger partial charge in [0.05, 0.1) is 5.54 Å². The van der Waals surface area contributed by atoms with Crippen molar-refractivity contribution in [1.29, 1.82) is 0 Å². The number of nitrogens with zero attached hydrogens (tertiary/aromatic N) is 6. The average molecular weight is 531 g/mol. The van der Waals surface area contributed by atoms with Gasteiger partial charge in [-0.1, -0.05) is 18.2 Å². The Bertz CT molecular complexity index is 1300. The number of hydrogen-bond donors (Lipinski definition) is 1. The van der Waals surface area contributed by atoms with Crippen molar-refractivity contribution in [3.8, 4) is 0 Å². The highest BCUT2D eigenvalue weighted by atomic mass is 79.9. The minimum Gasteiger partial charge on any atom is -0.351 e. The lowest BCUT2D eigenvalue weighted by atomic mass is 9.87. The Hall–Kier alpha value is -2.88. The van der Waals surface area contributed by atoms with E-state index < -0.39 is 5.54 Å². The molecule has 0 bridgehead atoms. The summed E-state index contributed by atoms with van der Waals surface area (Å²) in [4.78, 5) is 15.9. The molecule has 0 unspecified atom stereocenters. The number of halogens is 3. The van der Waals surface area contributed by atoms with Gasteiger partial charge >= 0.3 is 0 Å². The molecule has 1 aliphatic heterocycles. The van der Waals surface area contributed by atoms with Crippen LogP contribution in [0.25, 0.3) is 11.1 Å². The molecule has 4 aromatic rings. The van der Waals surface area contributed by atoms with Crippen molar-refractivity contribution < 1.29 is 4.39 Å². The van der Waals surface area contributed by atoms with Gasteiger partial charge in [-0.2, -0.15) is 5.10 Å². The first-order valence-electron chi connectivity index (χ1n) is 10.2. The average Bonchev–Trinajstić information content (AvgIpc) is 3.20. The molecule has 33 heavy (non-hydrogen) atoms. The quantitative estimate of drug-likeness (QED) is 0.422. The molecule has 1 aliphatic rings. The number of benzene rings is 1. The summed E-state index contributed by atoms with van der Waals surface area (Å²) < 4.78 is 16.0. The second kappa shape index (κ2) is 9.17. The molecule has 0 saturated heterocycles. The van der Waals surface area contributed by atoms with Gasteiger partial charge in [-0.3, -0.25) is 0 Å². The molecule has 7 nitrogen and oxygen atoms in total. The fraction of sp³-hybridized carbons (Fsp3) is 0.217. The molecule has 0 spiro atoms. The standard InChI is InChI=1S/C23H21BrFN7.ClH/c1-23(26,16-2-4-19(25)5-3-16)17-11-27-21(28-12-17)15-6-8-31(9-7-15)22-20-10-18(24)13-32(20)30-14-29-22;/h2-6,10-14H,7-9,26H2,1H3;1H/t23-;/m0./s1. The van der Waals surface area contributed by atoms with Gasteiger partial charge in [0.25, 0.3) is 0 Å². The van der Waals surface area contributed by atoms with E-state index in [9.17, 15) is 4.39 Å². The monoisotopic (exact) mass is 529 g/mol. The van der Waals surface area contributed by atoms with Crippen LogP contribution in [0.3, 0.4) is 0 Å². The van der Waals surface area contributed by atoms with Gasteiger partial charge in [0, 0.05) is 41.7 Å². The number of rotatable bonds is 4. The summed E-state index contributed by atoms with van der Waals surface area (Å²) >= 11 is 3.50. The first-order chi connectivity index (χ1) is 15.4. The number of nitrogens with two attached hydrogens (primary N) is 1. The maximum atomic E-state index is 13.3. The summed E-state index contributed by atoms with van der Waals surface area (Å²) in [5.74, 6) is 1.30. The number of fused-ring (bicyclic) bond motifs is 1. The third kappa shape index (κ3) is 4.48. The summed E-state index contributed by atoms with van der Waals surface area (Å²) in [7, 11) is 0. The predicted molar refractivity (Wildman–Crippen MR) is 132 cm³/mol. The van der Waals surface area contributed by atoms with Crippen LogP contribution >= 0.6 is 28.3 Å². The zero-order valence-electron chi connectivity index (χ0n) is 17.8. The number of aromatic nitrogens is 5. The maximum absolute atomic E-state index is 13.3. The molecule has 0 fully saturated rings. The highest BCUT2D eigenvalue weighted by Gasteiger charge is 2.25. The van der Waals surface area contributed by atoms with Gasteiger partial charge in [-0.25, -0.2) is 23.9 Å². The Labute approximate surface area is 205 Å². The smallest absolute Gasteiger partial charge is 0.156 e. The first kappa shape index (κ1) is 23.3. The predicted octanol–water partition coefficient (Wildman–Crippen LogP) is 4.36. The van der Waals surface area contributed by atoms with Gasteiger partial charge in [0.2, 0.25) is 0 Å². The van der Waals surface area contributed by atoms with E-state index in [4.69, 9.17) is 5.73 Å². The Morgan fingerprint density at radius 3 is 2.48 bits per heavy atom. The summed E-state index contributed by atoms with van der Waals surface area (Å²) in [6, 6.07) is 8.21. The van der Waals surface area contributed by atoms with Crippen LogP contribution in [-0.4, -0.2) is 37.7 Å². The van der Waals surface area contributed by atoms with Gasteiger partial charge in [-0.05, 0) is 58.6 Å². The number of hydrogen-bond acceptors (Lipinski definition) is 6. The van der Waals surface area contributed by atoms with E-state index in [1.165, 1.54) is 12.1 Å². The van der Waals surface area contributed by atoms with Crippen molar-refractivity contribution in [1.82, 2.24) is 24.6 Å². The Morgan fingerprint density at radius 1 is 1.09 bits per heavy atom. The fourth-order valence-corrected chi connectivity index (χ4v) is 4.33. The molecule has 170 valence electrons. The third-order valence-electron chi connectivity index (χ3n) is 5.84. The van der Waals surface area contributed by atoms with E-state index >= 15 is 0 Å². The molecule has 0 radical (unpaired) electrons. The SMILES string of the molecule is C[C@](N)(c1ccc(F)cc1)c1cnc(C2=CCN(c3ncnn4cc(Br)cc34)CC2)nc1.Cl. The van der Waals surface area contributed by atoms with Gasteiger partial charge in [0.15, 0.2) is 11.6 Å². The number of anilines is 1. The lowest BCUT2D eigenvalue weighted by Crippen LogP contribution is -2.34. The molecule has 2 N–H and O–H groups in total. The fourth-order valence-electron chi connectivity index (χ4n) is 3.92. The minimum absolute atomic E-state index is 0. The van der Waals surface area contributed by atoms with E-state index in [1.807, 2.05) is 23.7 Å². The molecule has 10 heteroatoms. The van der Waals surface area contributed by atoms with E-state index in [1.54, 1.807) is 30.9 Å². The molecule has 0 saturated carbocycles. The molecule has 4 heterocycles. The van der Waals surface area contributed by atoms with Crippen molar-refractivity contribution in [2.75, 3.05) is 18.0 Å². The van der Waals surface area contributed by atoms with Crippen molar-refractivity contribution in [2.45, 2.75) is 18.9 Å². The van der Waals surface area contributed by atoms with Gasteiger partial charge in [0.1, 0.15) is 17.7 Å². The highest BCUT2D eigenvalue weighted by Crippen LogP contribution is 2.29. The van der Waals surface area contributed by atoms with Crippen LogP contribution in [0.2, 0.25) is 0 Å². The van der Waals surface area contributed by atoms with Gasteiger partial charge in [-0.15, -0.1) is 12.4 Å². The van der Waals surface area contributed by atoms with Crippen LogP contribution in [0.4, 0.5) is 10.2 Å². The first-order valence-corrected chi connectivity index (χ1v) is 11.0. The van der Waals surface area contributed by atoms with Crippen molar-refractivity contribution in [3.05, 3.63) is 88.6 Å². The van der Waals surface area contributed by atoms with E-state index in [0.717, 1.165) is 45.5 Å².